The van der Waals surface area contributed by atoms with Gasteiger partial charge < -0.3 is 5.32 Å². The minimum atomic E-state index is -0.0959. The molecule has 1 atom stereocenters. The van der Waals surface area contributed by atoms with Gasteiger partial charge in [0, 0.05) is 10.5 Å². The van der Waals surface area contributed by atoms with Crippen molar-refractivity contribution in [3.8, 4) is 0 Å². The first-order chi connectivity index (χ1) is 8.56. The zero-order chi connectivity index (χ0) is 13.1. The predicted molar refractivity (Wildman–Crippen MR) is 77.2 cm³/mol. The summed E-state index contributed by atoms with van der Waals surface area (Å²) in [5.74, 6) is 0.974. The molecule has 0 spiro atoms. The molecule has 1 aromatic carbocycles. The summed E-state index contributed by atoms with van der Waals surface area (Å²) in [5.41, 5.74) is 0.828. The van der Waals surface area contributed by atoms with Crippen molar-refractivity contribution in [2.75, 3.05) is 6.54 Å². The molecule has 1 aliphatic carbocycles. The van der Waals surface area contributed by atoms with E-state index in [-0.39, 0.29) is 5.82 Å². The van der Waals surface area contributed by atoms with Crippen LogP contribution >= 0.6 is 15.9 Å². The molecular weight excluding hydrogens is 293 g/mol. The fourth-order valence-corrected chi connectivity index (χ4v) is 2.45. The van der Waals surface area contributed by atoms with Gasteiger partial charge in [0.05, 0.1) is 0 Å². The summed E-state index contributed by atoms with van der Waals surface area (Å²) in [6.45, 7) is 5.43. The van der Waals surface area contributed by atoms with Crippen molar-refractivity contribution in [3.63, 3.8) is 0 Å². The van der Waals surface area contributed by atoms with Crippen LogP contribution in [0.5, 0.6) is 0 Å². The molecule has 0 heterocycles. The van der Waals surface area contributed by atoms with Gasteiger partial charge in [0.2, 0.25) is 0 Å². The van der Waals surface area contributed by atoms with Gasteiger partial charge in [-0.3, -0.25) is 0 Å². The Kier molecular flexibility index (Phi) is 4.79. The van der Waals surface area contributed by atoms with Crippen molar-refractivity contribution in [2.24, 2.45) is 11.8 Å². The second-order valence-electron chi connectivity index (χ2n) is 5.63. The van der Waals surface area contributed by atoms with E-state index in [4.69, 9.17) is 0 Å². The maximum atomic E-state index is 13.8. The summed E-state index contributed by atoms with van der Waals surface area (Å²) in [5, 5.41) is 3.56. The van der Waals surface area contributed by atoms with Crippen LogP contribution in [0.25, 0.3) is 0 Å². The Bertz CT molecular complexity index is 401. The lowest BCUT2D eigenvalue weighted by atomic mass is 9.89. The third kappa shape index (κ3) is 4.06. The van der Waals surface area contributed by atoms with Crippen LogP contribution in [-0.2, 0) is 6.42 Å². The maximum Gasteiger partial charge on any atom is 0.127 e. The van der Waals surface area contributed by atoms with E-state index in [9.17, 15) is 4.39 Å². The van der Waals surface area contributed by atoms with Crippen molar-refractivity contribution < 1.29 is 4.39 Å². The van der Waals surface area contributed by atoms with Gasteiger partial charge in [-0.2, -0.15) is 0 Å². The molecule has 3 heteroatoms. The minimum Gasteiger partial charge on any atom is -0.314 e. The standard InChI is InChI=1S/C15H21BrFN/c1-10(2)12(9-18-14-5-6-14)7-11-3-4-13(16)8-15(11)17/h3-4,8,10,12,14,18H,5-7,9H2,1-2H3. The number of hydrogen-bond donors (Lipinski definition) is 1. The van der Waals surface area contributed by atoms with E-state index in [1.165, 1.54) is 12.8 Å². The summed E-state index contributed by atoms with van der Waals surface area (Å²) in [6.07, 6.45) is 3.42. The van der Waals surface area contributed by atoms with Gasteiger partial charge in [-0.1, -0.05) is 35.8 Å². The molecule has 18 heavy (non-hydrogen) atoms. The van der Waals surface area contributed by atoms with E-state index in [0.717, 1.165) is 29.0 Å². The van der Waals surface area contributed by atoms with Gasteiger partial charge in [0.15, 0.2) is 0 Å². The molecule has 1 fully saturated rings. The maximum absolute atomic E-state index is 13.8. The highest BCUT2D eigenvalue weighted by Gasteiger charge is 2.23. The SMILES string of the molecule is CC(C)C(CNC1CC1)Cc1ccc(Br)cc1F. The van der Waals surface area contributed by atoms with Crippen LogP contribution < -0.4 is 5.32 Å². The zero-order valence-electron chi connectivity index (χ0n) is 11.0. The topological polar surface area (TPSA) is 12.0 Å². The van der Waals surface area contributed by atoms with Crippen molar-refractivity contribution in [2.45, 2.75) is 39.2 Å². The van der Waals surface area contributed by atoms with Crippen LogP contribution in [0.4, 0.5) is 4.39 Å². The third-order valence-corrected chi connectivity index (χ3v) is 4.18. The van der Waals surface area contributed by atoms with Crippen LogP contribution in [0.3, 0.4) is 0 Å². The molecule has 0 aromatic heterocycles. The molecule has 0 bridgehead atoms. The van der Waals surface area contributed by atoms with Gasteiger partial charge >= 0.3 is 0 Å². The van der Waals surface area contributed by atoms with Gasteiger partial charge in [-0.15, -0.1) is 0 Å². The lowest BCUT2D eigenvalue weighted by molar-refractivity contribution is 0.355. The summed E-state index contributed by atoms with van der Waals surface area (Å²) in [4.78, 5) is 0. The normalized spacial score (nSPS) is 17.2. The van der Waals surface area contributed by atoms with Gasteiger partial charge in [0.1, 0.15) is 5.82 Å². The first-order valence-electron chi connectivity index (χ1n) is 6.73. The van der Waals surface area contributed by atoms with Gasteiger partial charge in [-0.25, -0.2) is 4.39 Å². The highest BCUT2D eigenvalue weighted by Crippen LogP contribution is 2.24. The highest BCUT2D eigenvalue weighted by molar-refractivity contribution is 9.10. The fourth-order valence-electron chi connectivity index (χ4n) is 2.12. The second-order valence-corrected chi connectivity index (χ2v) is 6.54. The molecule has 0 radical (unpaired) electrons. The Morgan fingerprint density at radius 2 is 2.11 bits per heavy atom. The molecule has 1 aromatic rings. The lowest BCUT2D eigenvalue weighted by Crippen LogP contribution is -2.29. The minimum absolute atomic E-state index is 0.0959. The average molecular weight is 314 g/mol. The van der Waals surface area contributed by atoms with E-state index in [0.29, 0.717) is 11.8 Å². The van der Waals surface area contributed by atoms with E-state index in [1.54, 1.807) is 6.07 Å². The van der Waals surface area contributed by atoms with E-state index >= 15 is 0 Å². The number of rotatable bonds is 6. The summed E-state index contributed by atoms with van der Waals surface area (Å²) < 4.78 is 14.6. The Morgan fingerprint density at radius 1 is 1.39 bits per heavy atom. The summed E-state index contributed by atoms with van der Waals surface area (Å²) >= 11 is 3.30. The molecular formula is C15H21BrFN. The van der Waals surface area contributed by atoms with Crippen LogP contribution in [0.15, 0.2) is 22.7 Å². The third-order valence-electron chi connectivity index (χ3n) is 3.69. The number of benzene rings is 1. The number of hydrogen-bond acceptors (Lipinski definition) is 1. The lowest BCUT2D eigenvalue weighted by Gasteiger charge is -2.22. The molecule has 1 N–H and O–H groups in total. The first-order valence-corrected chi connectivity index (χ1v) is 7.53. The molecule has 100 valence electrons. The average Bonchev–Trinajstić information content (AvgIpc) is 3.10. The van der Waals surface area contributed by atoms with Crippen LogP contribution in [-0.4, -0.2) is 12.6 Å². The van der Waals surface area contributed by atoms with Crippen molar-refractivity contribution in [1.29, 1.82) is 0 Å². The van der Waals surface area contributed by atoms with Crippen molar-refractivity contribution in [1.82, 2.24) is 5.32 Å². The summed E-state index contributed by atoms with van der Waals surface area (Å²) in [6, 6.07) is 6.10. The quantitative estimate of drug-likeness (QED) is 0.831. The number of nitrogens with one attached hydrogen (secondary N) is 1. The highest BCUT2D eigenvalue weighted by atomic mass is 79.9. The second kappa shape index (κ2) is 6.16. The Morgan fingerprint density at radius 3 is 2.67 bits per heavy atom. The van der Waals surface area contributed by atoms with Crippen LogP contribution in [0.1, 0.15) is 32.3 Å². The molecule has 1 aliphatic rings. The Balaban J connectivity index is 1.97. The molecule has 2 rings (SSSR count). The van der Waals surface area contributed by atoms with Crippen molar-refractivity contribution in [3.05, 3.63) is 34.1 Å². The van der Waals surface area contributed by atoms with E-state index in [2.05, 4.69) is 35.1 Å². The van der Waals surface area contributed by atoms with Gasteiger partial charge in [-0.05, 0) is 55.3 Å². The van der Waals surface area contributed by atoms with E-state index in [1.807, 2.05) is 12.1 Å². The monoisotopic (exact) mass is 313 g/mol. The molecule has 1 unspecified atom stereocenters. The molecule has 0 saturated heterocycles. The Hall–Kier alpha value is -0.410. The van der Waals surface area contributed by atoms with E-state index < -0.39 is 0 Å². The smallest absolute Gasteiger partial charge is 0.127 e. The van der Waals surface area contributed by atoms with Crippen LogP contribution in [0, 0.1) is 17.7 Å². The molecule has 0 amide bonds. The van der Waals surface area contributed by atoms with Gasteiger partial charge in [0.25, 0.3) is 0 Å². The zero-order valence-corrected chi connectivity index (χ0v) is 12.6. The molecule has 0 aliphatic heterocycles. The fraction of sp³-hybridized carbons (Fsp3) is 0.600. The van der Waals surface area contributed by atoms with Crippen molar-refractivity contribution >= 4 is 15.9 Å². The molecule has 1 nitrogen and oxygen atoms in total. The largest absolute Gasteiger partial charge is 0.314 e. The first kappa shape index (κ1) is 14.0. The Labute approximate surface area is 117 Å². The molecule has 1 saturated carbocycles. The predicted octanol–water partition coefficient (Wildman–Crippen LogP) is 4.15. The van der Waals surface area contributed by atoms with Crippen LogP contribution in [0.2, 0.25) is 0 Å². The number of halogens is 2. The summed E-state index contributed by atoms with van der Waals surface area (Å²) in [7, 11) is 0.